The van der Waals surface area contributed by atoms with Gasteiger partial charge in [0.15, 0.2) is 17.3 Å². The second-order valence-corrected chi connectivity index (χ2v) is 16.2. The van der Waals surface area contributed by atoms with Crippen LogP contribution in [0.15, 0.2) is 122 Å². The highest BCUT2D eigenvalue weighted by molar-refractivity contribution is 5.96. The van der Waals surface area contributed by atoms with Crippen molar-refractivity contribution < 1.29 is 8.78 Å². The fourth-order valence-electron chi connectivity index (χ4n) is 8.39. The van der Waals surface area contributed by atoms with Crippen molar-refractivity contribution in [1.29, 1.82) is 5.26 Å². The first kappa shape index (κ1) is 44.1. The van der Waals surface area contributed by atoms with E-state index in [1.54, 1.807) is 60.9 Å². The van der Waals surface area contributed by atoms with Crippen molar-refractivity contribution in [2.24, 2.45) is 0 Å². The topological polar surface area (TPSA) is 127 Å². The molecule has 0 N–H and O–H groups in total. The quantitative estimate of drug-likeness (QED) is 0.135. The van der Waals surface area contributed by atoms with Crippen LogP contribution in [0, 0.1) is 42.7 Å². The molecule has 0 saturated carbocycles. The Morgan fingerprint density at radius 3 is 1.37 bits per heavy atom. The van der Waals surface area contributed by atoms with E-state index in [1.807, 2.05) is 36.4 Å². The van der Waals surface area contributed by atoms with Crippen LogP contribution < -0.4 is 19.6 Å². The van der Waals surface area contributed by atoms with Crippen LogP contribution >= 0.6 is 0 Å². The van der Waals surface area contributed by atoms with Gasteiger partial charge in [-0.05, 0) is 71.8 Å². The van der Waals surface area contributed by atoms with Gasteiger partial charge in [0.05, 0.1) is 42.7 Å². The molecule has 6 heterocycles. The van der Waals surface area contributed by atoms with Crippen molar-refractivity contribution in [1.82, 2.24) is 30.4 Å². The monoisotopic (exact) mass is 898 g/mol. The molecule has 4 aromatic carbocycles. The summed E-state index contributed by atoms with van der Waals surface area (Å²) in [6.45, 7) is 27.6. The van der Waals surface area contributed by atoms with Crippen LogP contribution in [0.1, 0.15) is 28.1 Å². The summed E-state index contributed by atoms with van der Waals surface area (Å²) in [7, 11) is 0. The van der Waals surface area contributed by atoms with Gasteiger partial charge < -0.3 is 19.6 Å². The fourth-order valence-corrected chi connectivity index (χ4v) is 8.39. The molecule has 0 radical (unpaired) electrons. The third-order valence-corrected chi connectivity index (χ3v) is 12.0. The minimum absolute atomic E-state index is 0.270. The minimum atomic E-state index is -0.279. The Labute approximate surface area is 391 Å². The van der Waals surface area contributed by atoms with Crippen molar-refractivity contribution in [3.05, 3.63) is 196 Å². The maximum Gasteiger partial charge on any atom is 0.205 e. The summed E-state index contributed by atoms with van der Waals surface area (Å²) in [5.41, 5.74) is 5.60. The Morgan fingerprint density at radius 1 is 0.471 bits per heavy atom. The summed E-state index contributed by atoms with van der Waals surface area (Å²) < 4.78 is 26.6. The maximum atomic E-state index is 13.3. The Hall–Kier alpha value is -9.12. The van der Waals surface area contributed by atoms with Crippen LogP contribution in [0.2, 0.25) is 0 Å². The Morgan fingerprint density at radius 2 is 0.912 bits per heavy atom. The summed E-state index contributed by atoms with van der Waals surface area (Å²) in [6, 6.07) is 33.5. The van der Waals surface area contributed by atoms with Gasteiger partial charge in [-0.2, -0.15) is 15.5 Å². The van der Waals surface area contributed by atoms with E-state index in [4.69, 9.17) is 19.7 Å². The molecular weight excluding hydrogens is 859 g/mol. The molecule has 332 valence electrons. The summed E-state index contributed by atoms with van der Waals surface area (Å²) >= 11 is 0. The lowest BCUT2D eigenvalue weighted by atomic mass is 10.0. The van der Waals surface area contributed by atoms with Gasteiger partial charge in [0.25, 0.3) is 0 Å². The zero-order valence-electron chi connectivity index (χ0n) is 36.6. The molecule has 0 amide bonds. The number of piperazine rings is 2. The smallest absolute Gasteiger partial charge is 0.205 e. The average Bonchev–Trinajstić information content (AvgIpc) is 3.40. The van der Waals surface area contributed by atoms with Gasteiger partial charge in [0.2, 0.25) is 11.4 Å². The first-order valence-corrected chi connectivity index (χ1v) is 21.8. The molecule has 2 saturated heterocycles. The number of pyridine rings is 2. The predicted octanol–water partition coefficient (Wildman–Crippen LogP) is 9.69. The fraction of sp³-hybridized carbons (Fsp3) is 0.192. The number of fused-ring (bicyclic) bond motifs is 2. The van der Waals surface area contributed by atoms with Crippen molar-refractivity contribution in [2.45, 2.75) is 12.8 Å². The molecule has 10 rings (SSSR count). The largest absolute Gasteiger partial charge is 0.353 e. The molecule has 68 heavy (non-hydrogen) atoms. The zero-order chi connectivity index (χ0) is 47.0. The van der Waals surface area contributed by atoms with Gasteiger partial charge in [-0.1, -0.05) is 48.5 Å². The van der Waals surface area contributed by atoms with Gasteiger partial charge in [0, 0.05) is 99.1 Å². The van der Waals surface area contributed by atoms with Crippen LogP contribution in [0.25, 0.3) is 36.1 Å². The summed E-state index contributed by atoms with van der Waals surface area (Å²) in [4.78, 5) is 28.0. The molecule has 0 spiro atoms. The highest BCUT2D eigenvalue weighted by Crippen LogP contribution is 2.33. The number of rotatable bonds is 8. The molecule has 0 bridgehead atoms. The number of hydrogen-bond donors (Lipinski definition) is 0. The number of hydrogen-bond acceptors (Lipinski definition) is 11. The summed E-state index contributed by atoms with van der Waals surface area (Å²) in [5.74, 6) is 2.72. The Balaban J connectivity index is 0.000000170. The molecule has 8 aromatic rings. The van der Waals surface area contributed by atoms with E-state index in [2.05, 4.69) is 70.6 Å². The Bertz CT molecular complexity index is 3270. The van der Waals surface area contributed by atoms with E-state index >= 15 is 0 Å². The molecule has 14 nitrogen and oxygen atoms in total. The molecule has 4 aromatic heterocycles. The molecule has 2 fully saturated rings. The third kappa shape index (κ3) is 9.76. The van der Waals surface area contributed by atoms with E-state index in [9.17, 15) is 14.0 Å². The van der Waals surface area contributed by atoms with E-state index in [-0.39, 0.29) is 11.6 Å². The van der Waals surface area contributed by atoms with E-state index in [1.165, 1.54) is 24.3 Å². The standard InChI is InChI=1S/2C26H20FN7/c1-28-20-7-9-22-23(16-20)26(32-31-24(22)15-18-3-5-19(27)6-4-18)34-13-11-33(12-14-34)25-10-8-21(29-2)17-30-25;1-29-21-7-9-25(30-17-21)33-10-12-34(13-11-33)26-22-8-4-19(16-28)14-23(22)24(31-32-26)15-18-2-5-20(27)6-3-18/h3-10,16-17H,11-15H2;2-9,14,17H,10-13,15H2. The lowest BCUT2D eigenvalue weighted by Crippen LogP contribution is -2.47. The van der Waals surface area contributed by atoms with Crippen LogP contribution in [-0.4, -0.2) is 82.7 Å². The Kier molecular flexibility index (Phi) is 12.9. The molecule has 16 heteroatoms. The van der Waals surface area contributed by atoms with Crippen molar-refractivity contribution in [3.8, 4) is 6.07 Å². The number of halogens is 2. The molecule has 0 unspecified atom stereocenters. The predicted molar refractivity (Wildman–Crippen MR) is 258 cm³/mol. The van der Waals surface area contributed by atoms with E-state index in [0.29, 0.717) is 35.5 Å². The van der Waals surface area contributed by atoms with Gasteiger partial charge >= 0.3 is 0 Å². The second-order valence-electron chi connectivity index (χ2n) is 16.2. The lowest BCUT2D eigenvalue weighted by molar-refractivity contribution is 0.626. The highest BCUT2D eigenvalue weighted by Gasteiger charge is 2.24. The van der Waals surface area contributed by atoms with E-state index in [0.717, 1.165) is 120 Å². The molecule has 2 aliphatic rings. The maximum absolute atomic E-state index is 13.3. The molecule has 2 aliphatic heterocycles. The number of nitriles is 1. The first-order valence-electron chi connectivity index (χ1n) is 21.8. The van der Waals surface area contributed by atoms with Crippen LogP contribution in [0.3, 0.4) is 0 Å². The lowest BCUT2D eigenvalue weighted by Gasteiger charge is -2.36. The molecule has 0 atom stereocenters. The second kappa shape index (κ2) is 20.0. The normalized spacial score (nSPS) is 13.5. The van der Waals surface area contributed by atoms with Gasteiger partial charge in [-0.15, -0.1) is 10.2 Å². The van der Waals surface area contributed by atoms with Gasteiger partial charge in [-0.25, -0.2) is 23.3 Å². The number of nitrogens with zero attached hydrogens (tertiary/aromatic N) is 14. The first-order chi connectivity index (χ1) is 33.3. The number of benzene rings is 4. The highest BCUT2D eigenvalue weighted by atomic mass is 19.1. The average molecular weight is 899 g/mol. The van der Waals surface area contributed by atoms with Crippen molar-refractivity contribution in [2.75, 3.05) is 72.0 Å². The molecule has 0 aliphatic carbocycles. The van der Waals surface area contributed by atoms with Gasteiger partial charge in [0.1, 0.15) is 23.3 Å². The SMILES string of the molecule is [C-]#[N+]c1ccc(N2CCN(c3nnc(Cc4ccc(F)cc4)c4cc(C#N)ccc34)CC2)nc1.[C-]#[N+]c1ccc(N2CCN(c3nnc(Cc4ccc(F)cc4)c4ccc([N+]#[C-])cc34)CC2)nc1. The third-order valence-electron chi connectivity index (χ3n) is 12.0. The zero-order valence-corrected chi connectivity index (χ0v) is 36.6. The van der Waals surface area contributed by atoms with Gasteiger partial charge in [-0.3, -0.25) is 9.97 Å². The number of anilines is 4. The van der Waals surface area contributed by atoms with Crippen LogP contribution in [-0.2, 0) is 12.8 Å². The van der Waals surface area contributed by atoms with Crippen LogP contribution in [0.5, 0.6) is 0 Å². The minimum Gasteiger partial charge on any atom is -0.353 e. The summed E-state index contributed by atoms with van der Waals surface area (Å²) in [6.07, 6.45) is 4.22. The van der Waals surface area contributed by atoms with Crippen molar-refractivity contribution in [3.63, 3.8) is 0 Å². The number of aromatic nitrogens is 6. The summed E-state index contributed by atoms with van der Waals surface area (Å²) in [5, 5.41) is 31.3. The van der Waals surface area contributed by atoms with Crippen molar-refractivity contribution >= 4 is 61.9 Å². The van der Waals surface area contributed by atoms with E-state index < -0.39 is 0 Å². The molecular formula is C52H40F2N14. The van der Waals surface area contributed by atoms with Crippen LogP contribution in [0.4, 0.5) is 49.1 Å².